The quantitative estimate of drug-likeness (QED) is 0.238. The Morgan fingerprint density at radius 1 is 1.18 bits per heavy atom. The van der Waals surface area contributed by atoms with Crippen molar-refractivity contribution in [2.45, 2.75) is 82.8 Å². The van der Waals surface area contributed by atoms with Gasteiger partial charge in [-0.3, -0.25) is 9.69 Å². The number of amides is 1. The molecule has 1 heterocycles. The number of carbonyl (C=O) groups is 1. The number of aliphatic hydroxyl groups excluding tert-OH is 1. The molecule has 0 aromatic heterocycles. The third-order valence-corrected chi connectivity index (χ3v) is 9.17. The van der Waals surface area contributed by atoms with Crippen LogP contribution in [0.2, 0.25) is 0 Å². The molecule has 5 nitrogen and oxygen atoms in total. The molecule has 218 valence electrons. The number of fused-ring (bicyclic) bond motifs is 1. The second-order valence-electron chi connectivity index (χ2n) is 12.4. The van der Waals surface area contributed by atoms with Gasteiger partial charge in [-0.1, -0.05) is 68.8 Å². The molecular formula is C35H50N2O3. The number of carbonyl (C=O) groups excluding carboxylic acids is 1. The highest BCUT2D eigenvalue weighted by Gasteiger charge is 2.53. The minimum absolute atomic E-state index is 0.0302. The number of piperidine rings is 1. The van der Waals surface area contributed by atoms with Crippen LogP contribution in [0.5, 0.6) is 5.75 Å². The molecule has 1 saturated carbocycles. The molecule has 0 spiro atoms. The normalized spacial score (nSPS) is 24.9. The molecular weight excluding hydrogens is 496 g/mol. The van der Waals surface area contributed by atoms with Crippen LogP contribution in [0.25, 0.3) is 0 Å². The molecule has 2 aliphatic rings. The van der Waals surface area contributed by atoms with Crippen LogP contribution in [-0.4, -0.2) is 66.2 Å². The van der Waals surface area contributed by atoms with Gasteiger partial charge in [-0.25, -0.2) is 0 Å². The van der Waals surface area contributed by atoms with E-state index in [1.165, 1.54) is 11.1 Å². The summed E-state index contributed by atoms with van der Waals surface area (Å²) in [7, 11) is 1.71. The fourth-order valence-electron chi connectivity index (χ4n) is 7.19. The molecule has 0 bridgehead atoms. The van der Waals surface area contributed by atoms with Crippen molar-refractivity contribution in [3.05, 3.63) is 78.4 Å². The minimum Gasteiger partial charge on any atom is -0.497 e. The number of likely N-dealkylation sites (tertiary alicyclic amines) is 1. The first kappa shape index (κ1) is 30.3. The van der Waals surface area contributed by atoms with Gasteiger partial charge in [-0.15, -0.1) is 6.58 Å². The van der Waals surface area contributed by atoms with Crippen molar-refractivity contribution in [2.75, 3.05) is 33.3 Å². The predicted octanol–water partition coefficient (Wildman–Crippen LogP) is 6.25. The fourth-order valence-corrected chi connectivity index (χ4v) is 7.19. The Kier molecular flexibility index (Phi) is 10.9. The number of aryl methyl sites for hydroxylation is 1. The summed E-state index contributed by atoms with van der Waals surface area (Å²) >= 11 is 0. The second-order valence-corrected chi connectivity index (χ2v) is 12.4. The maximum atomic E-state index is 13.8. The molecule has 2 fully saturated rings. The van der Waals surface area contributed by atoms with E-state index in [-0.39, 0.29) is 23.3 Å². The molecule has 4 atom stereocenters. The van der Waals surface area contributed by atoms with Crippen molar-refractivity contribution < 1.29 is 14.6 Å². The topological polar surface area (TPSA) is 53.0 Å². The number of unbranched alkanes of at least 4 members (excludes halogenated alkanes) is 2. The summed E-state index contributed by atoms with van der Waals surface area (Å²) in [4.78, 5) is 18.3. The highest BCUT2D eigenvalue weighted by molar-refractivity contribution is 5.76. The molecule has 1 aliphatic heterocycles. The standard InChI is InChI=1S/C35H50N2O3/c1-5-20-36-21-19-35(29-16-12-17-31(22-29)40-4)24-30(23-33(38)32(35)26-36)37(25-27(2)3)34(39)18-11-7-10-15-28-13-8-6-9-14-28/h5-6,8-9,12-14,16-17,22,27,30,32-33,38H,1,7,10-11,15,18-21,23-26H2,2-4H3/t30-,32+,33?,35+/m1/s1. The summed E-state index contributed by atoms with van der Waals surface area (Å²) in [5.41, 5.74) is 2.40. The zero-order valence-corrected chi connectivity index (χ0v) is 24.9. The summed E-state index contributed by atoms with van der Waals surface area (Å²) in [5, 5.41) is 11.7. The smallest absolute Gasteiger partial charge is 0.222 e. The van der Waals surface area contributed by atoms with Crippen LogP contribution in [-0.2, 0) is 16.6 Å². The fraction of sp³-hybridized carbons (Fsp3) is 0.571. The van der Waals surface area contributed by atoms with E-state index < -0.39 is 6.10 Å². The summed E-state index contributed by atoms with van der Waals surface area (Å²) in [6.07, 6.45) is 8.69. The van der Waals surface area contributed by atoms with Gasteiger partial charge in [-0.2, -0.15) is 0 Å². The van der Waals surface area contributed by atoms with Crippen molar-refractivity contribution in [3.8, 4) is 5.75 Å². The third-order valence-electron chi connectivity index (χ3n) is 9.17. The number of benzene rings is 2. The Morgan fingerprint density at radius 3 is 2.70 bits per heavy atom. The van der Waals surface area contributed by atoms with E-state index in [0.29, 0.717) is 18.8 Å². The zero-order valence-electron chi connectivity index (χ0n) is 24.9. The van der Waals surface area contributed by atoms with Crippen molar-refractivity contribution >= 4 is 5.91 Å². The highest BCUT2D eigenvalue weighted by atomic mass is 16.5. The van der Waals surface area contributed by atoms with Crippen LogP contribution < -0.4 is 4.74 Å². The Bertz CT molecular complexity index is 1090. The summed E-state index contributed by atoms with van der Waals surface area (Å²) in [5.74, 6) is 1.58. The van der Waals surface area contributed by atoms with E-state index in [0.717, 1.165) is 70.5 Å². The molecule has 1 unspecified atom stereocenters. The SMILES string of the molecule is C=CCN1CC[C@@]2(c3cccc(OC)c3)C[C@H](N(CC(C)C)C(=O)CCCCCc3ccccc3)CC(O)[C@@H]2C1. The Balaban J connectivity index is 1.51. The van der Waals surface area contributed by atoms with Crippen LogP contribution in [0.1, 0.15) is 69.9 Å². The van der Waals surface area contributed by atoms with E-state index in [4.69, 9.17) is 4.74 Å². The lowest BCUT2D eigenvalue weighted by Crippen LogP contribution is -2.61. The van der Waals surface area contributed by atoms with E-state index in [2.05, 4.69) is 78.8 Å². The average Bonchev–Trinajstić information content (AvgIpc) is 2.96. The Morgan fingerprint density at radius 2 is 1.98 bits per heavy atom. The van der Waals surface area contributed by atoms with Crippen LogP contribution in [0.15, 0.2) is 67.3 Å². The maximum absolute atomic E-state index is 13.8. The van der Waals surface area contributed by atoms with E-state index in [1.807, 2.05) is 12.1 Å². The molecule has 4 rings (SSSR count). The number of aliphatic hydroxyl groups is 1. The van der Waals surface area contributed by atoms with Gasteiger partial charge in [0, 0.05) is 43.4 Å². The monoisotopic (exact) mass is 546 g/mol. The van der Waals surface area contributed by atoms with Gasteiger partial charge in [0.25, 0.3) is 0 Å². The number of nitrogens with zero attached hydrogens (tertiary/aromatic N) is 2. The lowest BCUT2D eigenvalue weighted by molar-refractivity contribution is -0.139. The van der Waals surface area contributed by atoms with Crippen molar-refractivity contribution in [2.24, 2.45) is 11.8 Å². The summed E-state index contributed by atoms with van der Waals surface area (Å²) in [6.45, 7) is 11.7. The lowest BCUT2D eigenvalue weighted by Gasteiger charge is -2.56. The second kappa shape index (κ2) is 14.3. The van der Waals surface area contributed by atoms with Gasteiger partial charge in [0.1, 0.15) is 5.75 Å². The van der Waals surface area contributed by atoms with E-state index in [9.17, 15) is 9.90 Å². The van der Waals surface area contributed by atoms with Gasteiger partial charge in [-0.05, 0) is 74.2 Å². The van der Waals surface area contributed by atoms with Crippen molar-refractivity contribution in [1.29, 1.82) is 0 Å². The predicted molar refractivity (Wildman–Crippen MR) is 164 cm³/mol. The lowest BCUT2D eigenvalue weighted by atomic mass is 9.56. The van der Waals surface area contributed by atoms with Gasteiger partial charge >= 0.3 is 0 Å². The minimum atomic E-state index is -0.467. The van der Waals surface area contributed by atoms with Crippen LogP contribution in [0, 0.1) is 11.8 Å². The number of methoxy groups -OCH3 is 1. The third kappa shape index (κ3) is 7.36. The zero-order chi connectivity index (χ0) is 28.5. The van der Waals surface area contributed by atoms with Gasteiger partial charge in [0.15, 0.2) is 0 Å². The summed E-state index contributed by atoms with van der Waals surface area (Å²) < 4.78 is 5.62. The van der Waals surface area contributed by atoms with E-state index in [1.54, 1.807) is 7.11 Å². The molecule has 1 amide bonds. The first-order valence-corrected chi connectivity index (χ1v) is 15.4. The number of hydrogen-bond donors (Lipinski definition) is 1. The van der Waals surface area contributed by atoms with Gasteiger partial charge in [0.2, 0.25) is 5.91 Å². The van der Waals surface area contributed by atoms with Crippen molar-refractivity contribution in [3.63, 3.8) is 0 Å². The van der Waals surface area contributed by atoms with Gasteiger partial charge < -0.3 is 14.7 Å². The van der Waals surface area contributed by atoms with Gasteiger partial charge in [0.05, 0.1) is 13.2 Å². The number of rotatable bonds is 13. The maximum Gasteiger partial charge on any atom is 0.222 e. The molecule has 2 aromatic rings. The van der Waals surface area contributed by atoms with Crippen molar-refractivity contribution in [1.82, 2.24) is 9.80 Å². The molecule has 2 aromatic carbocycles. The average molecular weight is 547 g/mol. The molecule has 1 N–H and O–H groups in total. The Labute approximate surface area is 242 Å². The molecule has 0 radical (unpaired) electrons. The van der Waals surface area contributed by atoms with Crippen LogP contribution in [0.4, 0.5) is 0 Å². The molecule has 1 aliphatic carbocycles. The Hall–Kier alpha value is -2.63. The first-order valence-electron chi connectivity index (χ1n) is 15.4. The highest BCUT2D eigenvalue weighted by Crippen LogP contribution is 2.50. The largest absolute Gasteiger partial charge is 0.497 e. The first-order chi connectivity index (χ1) is 19.4. The molecule has 40 heavy (non-hydrogen) atoms. The molecule has 1 saturated heterocycles. The molecule has 5 heteroatoms. The summed E-state index contributed by atoms with van der Waals surface area (Å²) in [6, 6.07) is 19.0. The van der Waals surface area contributed by atoms with Crippen LogP contribution >= 0.6 is 0 Å². The number of ether oxygens (including phenoxy) is 1. The van der Waals surface area contributed by atoms with Crippen LogP contribution in [0.3, 0.4) is 0 Å². The number of hydrogen-bond acceptors (Lipinski definition) is 4. The van der Waals surface area contributed by atoms with E-state index >= 15 is 0 Å².